The average molecular weight is 238 g/mol. The minimum atomic E-state index is -0.963. The van der Waals surface area contributed by atoms with E-state index in [0.29, 0.717) is 11.6 Å². The maximum Gasteiger partial charge on any atom is 0.309 e. The summed E-state index contributed by atoms with van der Waals surface area (Å²) >= 11 is 0. The second kappa shape index (κ2) is 4.94. The van der Waals surface area contributed by atoms with E-state index in [2.05, 4.69) is 15.6 Å². The van der Waals surface area contributed by atoms with Gasteiger partial charge in [0.25, 0.3) is 0 Å². The first-order chi connectivity index (χ1) is 8.13. The van der Waals surface area contributed by atoms with Gasteiger partial charge in [0.2, 0.25) is 5.91 Å². The molecule has 2 rings (SSSR count). The average Bonchev–Trinajstić information content (AvgIpc) is 2.98. The first-order valence-corrected chi connectivity index (χ1v) is 5.51. The van der Waals surface area contributed by atoms with E-state index in [9.17, 15) is 9.59 Å². The Hall–Kier alpha value is -1.92. The summed E-state index contributed by atoms with van der Waals surface area (Å²) in [7, 11) is 0. The monoisotopic (exact) mass is 238 g/mol. The Balaban J connectivity index is 1.78. The van der Waals surface area contributed by atoms with Gasteiger partial charge in [-0.3, -0.25) is 9.59 Å². The molecular formula is C10H14N4O3. The standard InChI is InChI=1S/C10H14N4O3/c15-9(11-4-7-1-2-7)6-14-5-8(12-13-14)3-10(16)17/h5,7H,1-4,6H2,(H,11,15)(H,16,17). The molecule has 1 heterocycles. The fourth-order valence-corrected chi connectivity index (χ4v) is 1.43. The van der Waals surface area contributed by atoms with Gasteiger partial charge in [-0.1, -0.05) is 5.21 Å². The van der Waals surface area contributed by atoms with Crippen LogP contribution in [0.25, 0.3) is 0 Å². The summed E-state index contributed by atoms with van der Waals surface area (Å²) in [4.78, 5) is 21.9. The molecular weight excluding hydrogens is 224 g/mol. The van der Waals surface area contributed by atoms with Crippen LogP contribution in [0.3, 0.4) is 0 Å². The Bertz CT molecular complexity index is 425. The largest absolute Gasteiger partial charge is 0.481 e. The summed E-state index contributed by atoms with van der Waals surface area (Å²) in [5.74, 6) is -0.448. The molecule has 0 spiro atoms. The maximum absolute atomic E-state index is 11.5. The predicted molar refractivity (Wildman–Crippen MR) is 57.1 cm³/mol. The number of amides is 1. The molecule has 1 saturated carbocycles. The zero-order valence-electron chi connectivity index (χ0n) is 9.30. The van der Waals surface area contributed by atoms with E-state index in [1.165, 1.54) is 23.7 Å². The van der Waals surface area contributed by atoms with Gasteiger partial charge in [0.1, 0.15) is 6.54 Å². The first kappa shape index (κ1) is 11.6. The van der Waals surface area contributed by atoms with Gasteiger partial charge in [-0.2, -0.15) is 0 Å². The first-order valence-electron chi connectivity index (χ1n) is 5.51. The molecule has 7 nitrogen and oxygen atoms in total. The highest BCUT2D eigenvalue weighted by atomic mass is 16.4. The van der Waals surface area contributed by atoms with Gasteiger partial charge in [-0.05, 0) is 18.8 Å². The second-order valence-corrected chi connectivity index (χ2v) is 4.23. The van der Waals surface area contributed by atoms with Gasteiger partial charge in [-0.25, -0.2) is 4.68 Å². The number of aliphatic carboxylic acids is 1. The van der Waals surface area contributed by atoms with E-state index in [4.69, 9.17) is 5.11 Å². The highest BCUT2D eigenvalue weighted by Crippen LogP contribution is 2.27. The van der Waals surface area contributed by atoms with Crippen LogP contribution in [0.4, 0.5) is 0 Å². The topological polar surface area (TPSA) is 97.1 Å². The van der Waals surface area contributed by atoms with Gasteiger partial charge >= 0.3 is 5.97 Å². The summed E-state index contributed by atoms with van der Waals surface area (Å²) in [6.45, 7) is 0.800. The van der Waals surface area contributed by atoms with Crippen LogP contribution in [-0.2, 0) is 22.6 Å². The van der Waals surface area contributed by atoms with E-state index < -0.39 is 5.97 Å². The lowest BCUT2D eigenvalue weighted by Crippen LogP contribution is -2.29. The van der Waals surface area contributed by atoms with Crippen molar-refractivity contribution in [2.24, 2.45) is 5.92 Å². The van der Waals surface area contributed by atoms with Crippen LogP contribution in [0.2, 0.25) is 0 Å². The molecule has 1 fully saturated rings. The molecule has 1 aliphatic carbocycles. The summed E-state index contributed by atoms with van der Waals surface area (Å²) in [5.41, 5.74) is 0.354. The molecule has 92 valence electrons. The number of carboxylic acids is 1. The van der Waals surface area contributed by atoms with Crippen LogP contribution in [0.15, 0.2) is 6.20 Å². The number of hydrogen-bond donors (Lipinski definition) is 2. The Labute approximate surface area is 97.8 Å². The smallest absolute Gasteiger partial charge is 0.309 e. The molecule has 0 atom stereocenters. The lowest BCUT2D eigenvalue weighted by molar-refractivity contribution is -0.136. The zero-order chi connectivity index (χ0) is 12.3. The molecule has 0 bridgehead atoms. The minimum absolute atomic E-state index is 0.0827. The Morgan fingerprint density at radius 3 is 2.94 bits per heavy atom. The second-order valence-electron chi connectivity index (χ2n) is 4.23. The van der Waals surface area contributed by atoms with Gasteiger partial charge in [0.05, 0.1) is 12.1 Å². The number of carbonyl (C=O) groups is 2. The Morgan fingerprint density at radius 1 is 1.53 bits per heavy atom. The number of carboxylic acid groups (broad SMARTS) is 1. The van der Waals surface area contributed by atoms with Gasteiger partial charge in [0.15, 0.2) is 0 Å². The predicted octanol–water partition coefficient (Wildman–Crippen LogP) is -0.569. The Kier molecular flexibility index (Phi) is 3.36. The number of hydrogen-bond acceptors (Lipinski definition) is 4. The number of aromatic nitrogens is 3. The molecule has 17 heavy (non-hydrogen) atoms. The maximum atomic E-state index is 11.5. The third-order valence-electron chi connectivity index (χ3n) is 2.51. The molecule has 1 aliphatic rings. The van der Waals surface area contributed by atoms with Crippen LogP contribution in [0, 0.1) is 5.92 Å². The lowest BCUT2D eigenvalue weighted by atomic mass is 10.3. The summed E-state index contributed by atoms with van der Waals surface area (Å²) in [6, 6.07) is 0. The van der Waals surface area contributed by atoms with Gasteiger partial charge in [-0.15, -0.1) is 5.10 Å². The van der Waals surface area contributed by atoms with Crippen LogP contribution in [0.5, 0.6) is 0 Å². The quantitative estimate of drug-likeness (QED) is 0.691. The van der Waals surface area contributed by atoms with E-state index in [1.54, 1.807) is 0 Å². The number of rotatable bonds is 6. The van der Waals surface area contributed by atoms with Crippen LogP contribution in [-0.4, -0.2) is 38.5 Å². The highest BCUT2D eigenvalue weighted by Gasteiger charge is 2.21. The van der Waals surface area contributed by atoms with Gasteiger partial charge < -0.3 is 10.4 Å². The molecule has 0 aliphatic heterocycles. The minimum Gasteiger partial charge on any atom is -0.481 e. The van der Waals surface area contributed by atoms with E-state index in [-0.39, 0.29) is 18.9 Å². The third-order valence-corrected chi connectivity index (χ3v) is 2.51. The Morgan fingerprint density at radius 2 is 2.29 bits per heavy atom. The van der Waals surface area contributed by atoms with Crippen molar-refractivity contribution in [3.63, 3.8) is 0 Å². The number of nitrogens with one attached hydrogen (secondary N) is 1. The zero-order valence-corrected chi connectivity index (χ0v) is 9.30. The number of nitrogens with zero attached hydrogens (tertiary/aromatic N) is 3. The van der Waals surface area contributed by atoms with Crippen molar-refractivity contribution in [2.75, 3.05) is 6.54 Å². The van der Waals surface area contributed by atoms with Crippen molar-refractivity contribution < 1.29 is 14.7 Å². The molecule has 0 saturated heterocycles. The normalized spacial score (nSPS) is 14.6. The molecule has 0 radical (unpaired) electrons. The fourth-order valence-electron chi connectivity index (χ4n) is 1.43. The third kappa shape index (κ3) is 3.86. The van der Waals surface area contributed by atoms with Crippen LogP contribution in [0.1, 0.15) is 18.5 Å². The molecule has 2 N–H and O–H groups in total. The van der Waals surface area contributed by atoms with Crippen molar-refractivity contribution in [2.45, 2.75) is 25.8 Å². The summed E-state index contributed by atoms with van der Waals surface area (Å²) in [5, 5.41) is 18.7. The fraction of sp³-hybridized carbons (Fsp3) is 0.600. The molecule has 7 heteroatoms. The highest BCUT2D eigenvalue weighted by molar-refractivity contribution is 5.75. The summed E-state index contributed by atoms with van der Waals surface area (Å²) < 4.78 is 1.35. The van der Waals surface area contributed by atoms with Crippen molar-refractivity contribution in [3.05, 3.63) is 11.9 Å². The van der Waals surface area contributed by atoms with Crippen LogP contribution < -0.4 is 5.32 Å². The molecule has 0 unspecified atom stereocenters. The summed E-state index contributed by atoms with van der Waals surface area (Å²) in [6.07, 6.45) is 3.67. The number of carbonyl (C=O) groups excluding carboxylic acids is 1. The van der Waals surface area contributed by atoms with E-state index in [1.807, 2.05) is 0 Å². The molecule has 0 aromatic carbocycles. The van der Waals surface area contributed by atoms with Crippen molar-refractivity contribution in [1.29, 1.82) is 0 Å². The SMILES string of the molecule is O=C(O)Cc1cn(CC(=O)NCC2CC2)nn1. The van der Waals surface area contributed by atoms with Gasteiger partial charge in [0, 0.05) is 12.7 Å². The van der Waals surface area contributed by atoms with Crippen molar-refractivity contribution in [3.8, 4) is 0 Å². The molecule has 1 aromatic rings. The lowest BCUT2D eigenvalue weighted by Gasteiger charge is -2.02. The van der Waals surface area contributed by atoms with Crippen LogP contribution >= 0.6 is 0 Å². The molecule has 1 aromatic heterocycles. The van der Waals surface area contributed by atoms with E-state index in [0.717, 1.165) is 6.54 Å². The molecule has 1 amide bonds. The van der Waals surface area contributed by atoms with Crippen molar-refractivity contribution >= 4 is 11.9 Å². The van der Waals surface area contributed by atoms with Crippen molar-refractivity contribution in [1.82, 2.24) is 20.3 Å². The van der Waals surface area contributed by atoms with E-state index >= 15 is 0 Å².